The molecule has 8 heteroatoms. The van der Waals surface area contributed by atoms with Gasteiger partial charge in [-0.25, -0.2) is 8.78 Å². The zero-order chi connectivity index (χ0) is 20.8. The van der Waals surface area contributed by atoms with E-state index in [2.05, 4.69) is 10.2 Å². The number of morpholine rings is 1. The quantitative estimate of drug-likeness (QED) is 0.766. The maximum atomic E-state index is 13.4. The fourth-order valence-corrected chi connectivity index (χ4v) is 3.34. The number of ether oxygens (including phenoxy) is 3. The number of nitrogens with one attached hydrogen (secondary N) is 1. The monoisotopic (exact) mass is 406 g/mol. The van der Waals surface area contributed by atoms with Gasteiger partial charge in [-0.2, -0.15) is 0 Å². The van der Waals surface area contributed by atoms with E-state index in [1.54, 1.807) is 14.2 Å². The van der Waals surface area contributed by atoms with Gasteiger partial charge < -0.3 is 19.5 Å². The summed E-state index contributed by atoms with van der Waals surface area (Å²) in [4.78, 5) is 14.7. The molecule has 0 spiro atoms. The molecule has 3 rings (SSSR count). The van der Waals surface area contributed by atoms with Crippen molar-refractivity contribution in [2.24, 2.45) is 0 Å². The number of carbonyl (C=O) groups is 1. The second-order valence-electron chi connectivity index (χ2n) is 6.62. The van der Waals surface area contributed by atoms with Crippen molar-refractivity contribution in [3.8, 4) is 11.5 Å². The van der Waals surface area contributed by atoms with Crippen LogP contribution in [0.1, 0.15) is 22.0 Å². The van der Waals surface area contributed by atoms with Crippen LogP contribution in [0.4, 0.5) is 8.78 Å². The summed E-state index contributed by atoms with van der Waals surface area (Å²) < 4.78 is 42.7. The maximum absolute atomic E-state index is 13.4. The summed E-state index contributed by atoms with van der Waals surface area (Å²) in [6, 6.07) is 8.57. The first-order chi connectivity index (χ1) is 14.0. The third-order valence-corrected chi connectivity index (χ3v) is 4.92. The maximum Gasteiger partial charge on any atom is 0.251 e. The van der Waals surface area contributed by atoms with E-state index in [-0.39, 0.29) is 18.2 Å². The molecule has 1 aliphatic heterocycles. The molecule has 1 aliphatic rings. The van der Waals surface area contributed by atoms with Crippen LogP contribution in [-0.2, 0) is 4.74 Å². The van der Waals surface area contributed by atoms with Gasteiger partial charge in [-0.1, -0.05) is 6.07 Å². The van der Waals surface area contributed by atoms with Gasteiger partial charge in [0.05, 0.1) is 33.5 Å². The van der Waals surface area contributed by atoms with Gasteiger partial charge in [0, 0.05) is 25.2 Å². The molecule has 1 fully saturated rings. The van der Waals surface area contributed by atoms with E-state index < -0.39 is 17.5 Å². The van der Waals surface area contributed by atoms with Crippen molar-refractivity contribution in [3.63, 3.8) is 0 Å². The van der Waals surface area contributed by atoms with Gasteiger partial charge in [-0.15, -0.1) is 0 Å². The minimum absolute atomic E-state index is 0.0666. The lowest BCUT2D eigenvalue weighted by atomic mass is 10.0. The molecular formula is C21H24F2N2O4. The highest BCUT2D eigenvalue weighted by atomic mass is 19.2. The molecule has 1 amide bonds. The van der Waals surface area contributed by atoms with Crippen LogP contribution in [-0.4, -0.2) is 57.9 Å². The molecule has 156 valence electrons. The molecule has 1 unspecified atom stereocenters. The zero-order valence-electron chi connectivity index (χ0n) is 16.4. The van der Waals surface area contributed by atoms with E-state index in [0.717, 1.165) is 17.7 Å². The average molecular weight is 406 g/mol. The number of carbonyl (C=O) groups excluding carboxylic acids is 1. The number of amides is 1. The van der Waals surface area contributed by atoms with Crippen LogP contribution >= 0.6 is 0 Å². The largest absolute Gasteiger partial charge is 0.493 e. The van der Waals surface area contributed by atoms with Crippen molar-refractivity contribution < 1.29 is 27.8 Å². The second-order valence-corrected chi connectivity index (χ2v) is 6.62. The van der Waals surface area contributed by atoms with Gasteiger partial charge in [0.1, 0.15) is 0 Å². The molecule has 1 heterocycles. The zero-order valence-corrected chi connectivity index (χ0v) is 16.4. The summed E-state index contributed by atoms with van der Waals surface area (Å²) in [6.07, 6.45) is 0. The first kappa shape index (κ1) is 21.0. The Kier molecular flexibility index (Phi) is 7.00. The van der Waals surface area contributed by atoms with Crippen LogP contribution in [0.5, 0.6) is 11.5 Å². The van der Waals surface area contributed by atoms with E-state index in [9.17, 15) is 13.6 Å². The lowest BCUT2D eigenvalue weighted by Crippen LogP contribution is -2.43. The Morgan fingerprint density at radius 3 is 2.45 bits per heavy atom. The Bertz CT molecular complexity index is 857. The fraction of sp³-hybridized carbons (Fsp3) is 0.381. The number of hydrogen-bond acceptors (Lipinski definition) is 5. The van der Waals surface area contributed by atoms with E-state index in [1.165, 1.54) is 6.07 Å². The summed E-state index contributed by atoms with van der Waals surface area (Å²) in [6.45, 7) is 2.90. The van der Waals surface area contributed by atoms with E-state index in [4.69, 9.17) is 14.2 Å². The molecule has 0 bridgehead atoms. The number of rotatable bonds is 7. The summed E-state index contributed by atoms with van der Waals surface area (Å²) in [7, 11) is 3.13. The average Bonchev–Trinajstić information content (AvgIpc) is 2.76. The number of halogens is 2. The molecule has 0 aliphatic carbocycles. The van der Waals surface area contributed by atoms with E-state index >= 15 is 0 Å². The fourth-order valence-electron chi connectivity index (χ4n) is 3.34. The molecule has 0 saturated carbocycles. The summed E-state index contributed by atoms with van der Waals surface area (Å²) in [5, 5.41) is 2.82. The van der Waals surface area contributed by atoms with Crippen molar-refractivity contribution >= 4 is 5.91 Å². The predicted molar refractivity (Wildman–Crippen MR) is 103 cm³/mol. The van der Waals surface area contributed by atoms with Crippen LogP contribution in [0.15, 0.2) is 36.4 Å². The predicted octanol–water partition coefficient (Wildman–Crippen LogP) is 2.79. The van der Waals surface area contributed by atoms with E-state index in [0.29, 0.717) is 37.8 Å². The van der Waals surface area contributed by atoms with Crippen LogP contribution in [0.3, 0.4) is 0 Å². The normalized spacial score (nSPS) is 15.6. The van der Waals surface area contributed by atoms with Crippen LogP contribution in [0.25, 0.3) is 0 Å². The standard InChI is InChI=1S/C21H24F2N2O4/c1-27-19-6-4-14(12-20(19)28-2)18(25-7-9-29-10-8-25)13-24-21(26)15-3-5-16(22)17(23)11-15/h3-6,11-12,18H,7-10,13H2,1-2H3,(H,24,26). The van der Waals surface area contributed by atoms with Crippen molar-refractivity contribution in [2.75, 3.05) is 47.1 Å². The van der Waals surface area contributed by atoms with Crippen LogP contribution in [0, 0.1) is 11.6 Å². The van der Waals surface area contributed by atoms with Gasteiger partial charge in [-0.3, -0.25) is 9.69 Å². The van der Waals surface area contributed by atoms with E-state index in [1.807, 2.05) is 18.2 Å². The first-order valence-electron chi connectivity index (χ1n) is 9.30. The molecule has 2 aromatic carbocycles. The summed E-state index contributed by atoms with van der Waals surface area (Å²) in [5.41, 5.74) is 1.01. The van der Waals surface area contributed by atoms with Gasteiger partial charge in [0.25, 0.3) is 5.91 Å². The van der Waals surface area contributed by atoms with Crippen LogP contribution < -0.4 is 14.8 Å². The molecule has 1 saturated heterocycles. The number of nitrogens with zero attached hydrogens (tertiary/aromatic N) is 1. The molecule has 1 atom stereocenters. The Morgan fingerprint density at radius 1 is 1.07 bits per heavy atom. The Balaban J connectivity index is 1.80. The highest BCUT2D eigenvalue weighted by Gasteiger charge is 2.24. The molecule has 29 heavy (non-hydrogen) atoms. The number of hydrogen-bond donors (Lipinski definition) is 1. The highest BCUT2D eigenvalue weighted by Crippen LogP contribution is 2.32. The molecule has 2 aromatic rings. The highest BCUT2D eigenvalue weighted by molar-refractivity contribution is 5.94. The van der Waals surface area contributed by atoms with Gasteiger partial charge in [0.15, 0.2) is 23.1 Å². The topological polar surface area (TPSA) is 60.0 Å². The van der Waals surface area contributed by atoms with Crippen molar-refractivity contribution in [3.05, 3.63) is 59.2 Å². The SMILES string of the molecule is COc1ccc(C(CNC(=O)c2ccc(F)c(F)c2)N2CCOCC2)cc1OC. The number of methoxy groups -OCH3 is 2. The van der Waals surface area contributed by atoms with Gasteiger partial charge >= 0.3 is 0 Å². The van der Waals surface area contributed by atoms with Gasteiger partial charge in [-0.05, 0) is 35.9 Å². The number of benzene rings is 2. The van der Waals surface area contributed by atoms with Crippen LogP contribution in [0.2, 0.25) is 0 Å². The van der Waals surface area contributed by atoms with Gasteiger partial charge in [0.2, 0.25) is 0 Å². The Labute approximate surface area is 168 Å². The lowest BCUT2D eigenvalue weighted by Gasteiger charge is -2.35. The Hall–Kier alpha value is -2.71. The molecule has 1 N–H and O–H groups in total. The molecule has 6 nitrogen and oxygen atoms in total. The lowest BCUT2D eigenvalue weighted by molar-refractivity contribution is 0.0162. The van der Waals surface area contributed by atoms with Crippen molar-refractivity contribution in [1.29, 1.82) is 0 Å². The third-order valence-electron chi connectivity index (χ3n) is 4.92. The minimum atomic E-state index is -1.05. The van der Waals surface area contributed by atoms with Crippen molar-refractivity contribution in [2.45, 2.75) is 6.04 Å². The smallest absolute Gasteiger partial charge is 0.251 e. The van der Waals surface area contributed by atoms with Crippen molar-refractivity contribution in [1.82, 2.24) is 10.2 Å². The summed E-state index contributed by atoms with van der Waals surface area (Å²) >= 11 is 0. The summed E-state index contributed by atoms with van der Waals surface area (Å²) in [5.74, 6) is -1.30. The Morgan fingerprint density at radius 2 is 1.79 bits per heavy atom. The third kappa shape index (κ3) is 5.02. The molecule has 0 aromatic heterocycles. The minimum Gasteiger partial charge on any atom is -0.493 e. The molecule has 0 radical (unpaired) electrons. The molecular weight excluding hydrogens is 382 g/mol. The second kappa shape index (κ2) is 9.67. The first-order valence-corrected chi connectivity index (χ1v) is 9.30.